The Labute approximate surface area is 88.5 Å². The van der Waals surface area contributed by atoms with E-state index in [2.05, 4.69) is 4.85 Å². The second kappa shape index (κ2) is 5.64. The number of methoxy groups -OCH3 is 1. The summed E-state index contributed by atoms with van der Waals surface area (Å²) >= 11 is 0. The van der Waals surface area contributed by atoms with Gasteiger partial charge in [-0.25, -0.2) is 4.85 Å². The van der Waals surface area contributed by atoms with Crippen LogP contribution >= 0.6 is 0 Å². The highest BCUT2D eigenvalue weighted by Gasteiger charge is 2.08. The minimum Gasteiger partial charge on any atom is -0.491 e. The van der Waals surface area contributed by atoms with Crippen molar-refractivity contribution in [3.63, 3.8) is 0 Å². The van der Waals surface area contributed by atoms with Crippen LogP contribution < -0.4 is 4.74 Å². The molecule has 4 heteroatoms. The second-order valence-electron chi connectivity index (χ2n) is 2.72. The van der Waals surface area contributed by atoms with Gasteiger partial charge in [0.05, 0.1) is 19.2 Å². The highest BCUT2D eigenvalue weighted by Crippen LogP contribution is 2.27. The fraction of sp³-hybridized carbons (Fsp3) is 0.273. The van der Waals surface area contributed by atoms with E-state index < -0.39 is 0 Å². The molecule has 0 aliphatic heterocycles. The Hall–Kier alpha value is -2.04. The molecule has 0 amide bonds. The highest BCUT2D eigenvalue weighted by atomic mass is 16.5. The van der Waals surface area contributed by atoms with Gasteiger partial charge in [0.15, 0.2) is 0 Å². The minimum atomic E-state index is 0.281. The number of hydrogen-bond donors (Lipinski definition) is 0. The standard InChI is InChI=1S/C11H10N2O2/c1-13-10-4-3-5-11(9(10)8-12)15-7-6-14-2/h3-5H,6-7H2,2H3. The lowest BCUT2D eigenvalue weighted by molar-refractivity contribution is 0.146. The zero-order valence-electron chi connectivity index (χ0n) is 8.36. The summed E-state index contributed by atoms with van der Waals surface area (Å²) in [6, 6.07) is 6.91. The van der Waals surface area contributed by atoms with Crippen molar-refractivity contribution in [2.75, 3.05) is 20.3 Å². The molecule has 0 saturated heterocycles. The molecular weight excluding hydrogens is 192 g/mol. The molecular formula is C11H10N2O2. The maximum absolute atomic E-state index is 8.88. The van der Waals surface area contributed by atoms with Crippen molar-refractivity contribution in [3.05, 3.63) is 35.2 Å². The molecule has 0 aliphatic carbocycles. The number of hydrogen-bond acceptors (Lipinski definition) is 3. The first kappa shape index (κ1) is 11.0. The molecule has 0 atom stereocenters. The number of nitriles is 1. The summed E-state index contributed by atoms with van der Waals surface area (Å²) in [6.45, 7) is 7.71. The van der Waals surface area contributed by atoms with Crippen LogP contribution in [0.25, 0.3) is 4.85 Å². The zero-order valence-corrected chi connectivity index (χ0v) is 8.36. The zero-order chi connectivity index (χ0) is 11.1. The molecule has 1 aromatic rings. The smallest absolute Gasteiger partial charge is 0.208 e. The molecule has 1 aromatic carbocycles. The van der Waals surface area contributed by atoms with E-state index in [0.29, 0.717) is 24.7 Å². The third kappa shape index (κ3) is 2.70. The lowest BCUT2D eigenvalue weighted by Gasteiger charge is -2.07. The first-order valence-electron chi connectivity index (χ1n) is 4.35. The molecule has 0 radical (unpaired) electrons. The Bertz CT molecular complexity index is 416. The molecule has 0 unspecified atom stereocenters. The molecule has 4 nitrogen and oxygen atoms in total. The number of nitrogens with zero attached hydrogens (tertiary/aromatic N) is 2. The molecule has 0 N–H and O–H groups in total. The summed E-state index contributed by atoms with van der Waals surface area (Å²) in [5.41, 5.74) is 0.594. The summed E-state index contributed by atoms with van der Waals surface area (Å²) in [6.07, 6.45) is 0. The van der Waals surface area contributed by atoms with E-state index in [-0.39, 0.29) is 5.56 Å². The second-order valence-corrected chi connectivity index (χ2v) is 2.72. The predicted molar refractivity (Wildman–Crippen MR) is 54.8 cm³/mol. The SMILES string of the molecule is [C-]#[N+]c1cccc(OCCOC)c1C#N. The molecule has 0 heterocycles. The Kier molecular flexibility index (Phi) is 4.15. The lowest BCUT2D eigenvalue weighted by Crippen LogP contribution is -2.05. The molecule has 76 valence electrons. The molecule has 1 rings (SSSR count). The highest BCUT2D eigenvalue weighted by molar-refractivity contribution is 5.64. The van der Waals surface area contributed by atoms with Crippen LogP contribution in [0.5, 0.6) is 5.75 Å². The summed E-state index contributed by atoms with van der Waals surface area (Å²) in [5, 5.41) is 8.88. The van der Waals surface area contributed by atoms with Crippen LogP contribution in [-0.2, 0) is 4.74 Å². The Balaban J connectivity index is 2.89. The molecule has 0 fully saturated rings. The fourth-order valence-electron chi connectivity index (χ4n) is 1.08. The predicted octanol–water partition coefficient (Wildman–Crippen LogP) is 2.13. The topological polar surface area (TPSA) is 46.6 Å². The van der Waals surface area contributed by atoms with Gasteiger partial charge in [-0.3, -0.25) is 0 Å². The third-order valence-corrected chi connectivity index (χ3v) is 1.78. The summed E-state index contributed by atoms with van der Waals surface area (Å²) in [7, 11) is 1.57. The quantitative estimate of drug-likeness (QED) is 0.555. The van der Waals surface area contributed by atoms with Gasteiger partial charge in [-0.1, -0.05) is 12.1 Å². The van der Waals surface area contributed by atoms with Crippen molar-refractivity contribution >= 4 is 5.69 Å². The maximum Gasteiger partial charge on any atom is 0.208 e. The summed E-state index contributed by atoms with van der Waals surface area (Å²) in [4.78, 5) is 3.25. The van der Waals surface area contributed by atoms with E-state index in [4.69, 9.17) is 21.3 Å². The summed E-state index contributed by atoms with van der Waals surface area (Å²) in [5.74, 6) is 0.433. The van der Waals surface area contributed by atoms with E-state index in [9.17, 15) is 0 Å². The van der Waals surface area contributed by atoms with Crippen molar-refractivity contribution in [1.82, 2.24) is 0 Å². The van der Waals surface area contributed by atoms with E-state index in [0.717, 1.165) is 0 Å². The van der Waals surface area contributed by atoms with Crippen molar-refractivity contribution < 1.29 is 9.47 Å². The van der Waals surface area contributed by atoms with Gasteiger partial charge in [0.25, 0.3) is 0 Å². The van der Waals surface area contributed by atoms with Crippen molar-refractivity contribution in [2.45, 2.75) is 0 Å². The maximum atomic E-state index is 8.88. The van der Waals surface area contributed by atoms with Gasteiger partial charge >= 0.3 is 0 Å². The first-order chi connectivity index (χ1) is 7.33. The minimum absolute atomic E-state index is 0.281. The average molecular weight is 202 g/mol. The first-order valence-corrected chi connectivity index (χ1v) is 4.35. The monoisotopic (exact) mass is 202 g/mol. The van der Waals surface area contributed by atoms with Crippen molar-refractivity contribution in [3.8, 4) is 11.8 Å². The molecule has 0 aliphatic rings. The van der Waals surface area contributed by atoms with Gasteiger partial charge in [0.2, 0.25) is 5.69 Å². The molecule has 0 aromatic heterocycles. The van der Waals surface area contributed by atoms with E-state index in [1.807, 2.05) is 6.07 Å². The Morgan fingerprint density at radius 3 is 2.87 bits per heavy atom. The van der Waals surface area contributed by atoms with Crippen LogP contribution in [0.3, 0.4) is 0 Å². The largest absolute Gasteiger partial charge is 0.491 e. The van der Waals surface area contributed by atoms with Gasteiger partial charge in [0.1, 0.15) is 17.9 Å². The van der Waals surface area contributed by atoms with Gasteiger partial charge in [0, 0.05) is 7.11 Å². The number of rotatable bonds is 4. The van der Waals surface area contributed by atoms with Gasteiger partial charge < -0.3 is 9.47 Å². The molecule has 0 saturated carbocycles. The van der Waals surface area contributed by atoms with Crippen LogP contribution in [0.4, 0.5) is 5.69 Å². The Morgan fingerprint density at radius 1 is 1.47 bits per heavy atom. The lowest BCUT2D eigenvalue weighted by atomic mass is 10.2. The normalized spacial score (nSPS) is 9.00. The third-order valence-electron chi connectivity index (χ3n) is 1.78. The van der Waals surface area contributed by atoms with Crippen LogP contribution in [0, 0.1) is 17.9 Å². The fourth-order valence-corrected chi connectivity index (χ4v) is 1.08. The Morgan fingerprint density at radius 2 is 2.27 bits per heavy atom. The number of ether oxygens (including phenoxy) is 2. The molecule has 15 heavy (non-hydrogen) atoms. The van der Waals surface area contributed by atoms with Gasteiger partial charge in [-0.05, 0) is 6.07 Å². The van der Waals surface area contributed by atoms with Crippen LogP contribution in [0.1, 0.15) is 5.56 Å². The van der Waals surface area contributed by atoms with E-state index in [1.54, 1.807) is 25.3 Å². The van der Waals surface area contributed by atoms with Crippen LogP contribution in [-0.4, -0.2) is 20.3 Å². The summed E-state index contributed by atoms with van der Waals surface area (Å²) < 4.78 is 10.1. The molecule has 0 spiro atoms. The van der Waals surface area contributed by atoms with Gasteiger partial charge in [-0.15, -0.1) is 0 Å². The van der Waals surface area contributed by atoms with Crippen molar-refractivity contribution in [1.29, 1.82) is 5.26 Å². The van der Waals surface area contributed by atoms with E-state index in [1.165, 1.54) is 0 Å². The van der Waals surface area contributed by atoms with Crippen molar-refractivity contribution in [2.24, 2.45) is 0 Å². The van der Waals surface area contributed by atoms with Crippen LogP contribution in [0.2, 0.25) is 0 Å². The molecule has 0 bridgehead atoms. The van der Waals surface area contributed by atoms with Crippen LogP contribution in [0.15, 0.2) is 18.2 Å². The average Bonchev–Trinajstić information content (AvgIpc) is 2.29. The van der Waals surface area contributed by atoms with E-state index >= 15 is 0 Å². The number of benzene rings is 1. The van der Waals surface area contributed by atoms with Gasteiger partial charge in [-0.2, -0.15) is 5.26 Å².